The van der Waals surface area contributed by atoms with Crippen LogP contribution >= 0.6 is 0 Å². The molecule has 0 bridgehead atoms. The van der Waals surface area contributed by atoms with E-state index >= 15 is 0 Å². The predicted molar refractivity (Wildman–Crippen MR) is 61.5 cm³/mol. The Morgan fingerprint density at radius 1 is 1.67 bits per heavy atom. The van der Waals surface area contributed by atoms with Gasteiger partial charge in [-0.05, 0) is 0 Å². The fourth-order valence-electron chi connectivity index (χ4n) is 1.97. The van der Waals surface area contributed by atoms with Gasteiger partial charge in [-0.15, -0.1) is 0 Å². The molecule has 0 aromatic carbocycles. The Kier molecular flexibility index (Phi) is 3.59. The maximum absolute atomic E-state index is 11.1. The molecule has 1 saturated heterocycles. The van der Waals surface area contributed by atoms with Crippen LogP contribution in [0.5, 0.6) is 0 Å². The Hall–Kier alpha value is -0.761. The molecule has 99 valence electrons. The summed E-state index contributed by atoms with van der Waals surface area (Å²) in [5.74, 6) is 0. The van der Waals surface area contributed by atoms with E-state index < -0.39 is 36.2 Å². The van der Waals surface area contributed by atoms with E-state index in [1.807, 2.05) is 0 Å². The molecule has 1 aromatic heterocycles. The van der Waals surface area contributed by atoms with E-state index in [2.05, 4.69) is 21.0 Å². The monoisotopic (exact) mass is 321 g/mol. The molecule has 8 heteroatoms. The van der Waals surface area contributed by atoms with Gasteiger partial charge >= 0.3 is 111 Å². The molecule has 1 aliphatic heterocycles. The normalized spacial score (nSPS) is 35.9. The first-order chi connectivity index (χ1) is 8.37. The van der Waals surface area contributed by atoms with Crippen molar-refractivity contribution < 1.29 is 20.1 Å². The van der Waals surface area contributed by atoms with Crippen molar-refractivity contribution in [3.05, 3.63) is 22.6 Å². The molecule has 7 nitrogen and oxygen atoms in total. The van der Waals surface area contributed by atoms with Crippen molar-refractivity contribution in [2.75, 3.05) is 6.61 Å². The van der Waals surface area contributed by atoms with Crippen molar-refractivity contribution in [1.29, 1.82) is 0 Å². The van der Waals surface area contributed by atoms with Crippen molar-refractivity contribution in [3.8, 4) is 0 Å². The number of rotatable bonds is 2. The van der Waals surface area contributed by atoms with Gasteiger partial charge < -0.3 is 0 Å². The number of hydrogen-bond donors (Lipinski definition) is 3. The standard InChI is InChI=1S/C10H13N2O5Se/c1-10(16)7(15)5(4-13)17-8(10)12-3-2-6(14)11-9(12)18/h2-3,5,7-8,13,15-16H,4H2,1H3/t5-,7-,8-,10-/m1/s1. The van der Waals surface area contributed by atoms with E-state index in [0.717, 1.165) is 0 Å². The van der Waals surface area contributed by atoms with Gasteiger partial charge in [0.15, 0.2) is 0 Å². The molecule has 1 radical (unpaired) electrons. The van der Waals surface area contributed by atoms with Gasteiger partial charge in [-0.2, -0.15) is 0 Å². The first kappa shape index (κ1) is 13.7. The Bertz CT molecular complexity index is 503. The average Bonchev–Trinajstić information content (AvgIpc) is 2.52. The van der Waals surface area contributed by atoms with E-state index in [1.54, 1.807) is 0 Å². The number of ether oxygens (including phenoxy) is 1. The molecule has 1 aliphatic rings. The average molecular weight is 320 g/mol. The minimum atomic E-state index is -1.59. The summed E-state index contributed by atoms with van der Waals surface area (Å²) >= 11 is 2.59. The van der Waals surface area contributed by atoms with Crippen LogP contribution in [0.25, 0.3) is 0 Å². The second-order valence-electron chi connectivity index (χ2n) is 4.34. The van der Waals surface area contributed by atoms with Crippen LogP contribution in [-0.2, 0) is 4.74 Å². The fourth-order valence-corrected chi connectivity index (χ4v) is 2.48. The van der Waals surface area contributed by atoms with Crippen molar-refractivity contribution in [1.82, 2.24) is 9.55 Å². The number of aromatic nitrogens is 2. The van der Waals surface area contributed by atoms with Gasteiger partial charge in [0.1, 0.15) is 0 Å². The summed E-state index contributed by atoms with van der Waals surface area (Å²) in [6, 6.07) is 1.22. The minimum absolute atomic E-state index is 0.235. The van der Waals surface area contributed by atoms with Gasteiger partial charge in [-0.25, -0.2) is 0 Å². The van der Waals surface area contributed by atoms with Gasteiger partial charge in [0.2, 0.25) is 0 Å². The van der Waals surface area contributed by atoms with Gasteiger partial charge in [0.25, 0.3) is 0 Å². The van der Waals surface area contributed by atoms with Gasteiger partial charge in [-0.1, -0.05) is 0 Å². The summed E-state index contributed by atoms with van der Waals surface area (Å²) in [5.41, 5.74) is -2.01. The van der Waals surface area contributed by atoms with Crippen LogP contribution in [0.2, 0.25) is 0 Å². The van der Waals surface area contributed by atoms with Crippen LogP contribution < -0.4 is 10.3 Å². The number of aliphatic hydroxyl groups is 3. The maximum atomic E-state index is 11.1. The van der Waals surface area contributed by atoms with E-state index in [0.29, 0.717) is 0 Å². The number of nitrogens with zero attached hydrogens (tertiary/aromatic N) is 2. The zero-order chi connectivity index (χ0) is 13.5. The summed E-state index contributed by atoms with van der Waals surface area (Å²) in [4.78, 5) is 14.7. The van der Waals surface area contributed by atoms with Gasteiger partial charge in [-0.3, -0.25) is 0 Å². The summed E-state index contributed by atoms with van der Waals surface area (Å²) in [7, 11) is 0. The second kappa shape index (κ2) is 4.73. The summed E-state index contributed by atoms with van der Waals surface area (Å²) in [6.45, 7) is 0.986. The third-order valence-electron chi connectivity index (χ3n) is 2.99. The Labute approximate surface area is 111 Å². The molecule has 1 aromatic rings. The van der Waals surface area contributed by atoms with Crippen LogP contribution in [0.4, 0.5) is 0 Å². The third kappa shape index (κ3) is 2.11. The quantitative estimate of drug-likeness (QED) is 0.503. The molecular formula is C10H13N2O5Se. The van der Waals surface area contributed by atoms with E-state index in [4.69, 9.17) is 9.84 Å². The second-order valence-corrected chi connectivity index (χ2v) is 5.10. The number of hydrogen-bond acceptors (Lipinski definition) is 6. The molecule has 0 amide bonds. The SMILES string of the molecule is C[C@@]1(O)[C@H](O)[C@@H](CO)O[C@H]1n1ccc(=O)nc1[Se]. The first-order valence-corrected chi connectivity index (χ1v) is 6.16. The van der Waals surface area contributed by atoms with Crippen LogP contribution in [0.3, 0.4) is 0 Å². The van der Waals surface area contributed by atoms with Crippen molar-refractivity contribution in [3.63, 3.8) is 0 Å². The molecule has 3 N–H and O–H groups in total. The fraction of sp³-hybridized carbons (Fsp3) is 0.600. The zero-order valence-corrected chi connectivity index (χ0v) is 11.3. The van der Waals surface area contributed by atoms with E-state index in [9.17, 15) is 15.0 Å². The molecule has 4 atom stereocenters. The van der Waals surface area contributed by atoms with Gasteiger partial charge in [0, 0.05) is 0 Å². The van der Waals surface area contributed by atoms with E-state index in [1.165, 1.54) is 23.8 Å². The van der Waals surface area contributed by atoms with Crippen molar-refractivity contribution in [2.24, 2.45) is 0 Å². The Morgan fingerprint density at radius 3 is 2.83 bits per heavy atom. The predicted octanol–water partition coefficient (Wildman–Crippen LogP) is -2.96. The topological polar surface area (TPSA) is 105 Å². The summed E-state index contributed by atoms with van der Waals surface area (Å²) in [6.07, 6.45) is -1.64. The first-order valence-electron chi connectivity index (χ1n) is 5.31. The summed E-state index contributed by atoms with van der Waals surface area (Å²) < 4.78 is 7.03. The molecule has 0 spiro atoms. The molecule has 2 heterocycles. The molecule has 0 aliphatic carbocycles. The molecule has 0 unspecified atom stereocenters. The Morgan fingerprint density at radius 2 is 2.33 bits per heavy atom. The van der Waals surface area contributed by atoms with E-state index in [-0.39, 0.29) is 4.72 Å². The number of aliphatic hydroxyl groups excluding tert-OH is 2. The molecule has 18 heavy (non-hydrogen) atoms. The zero-order valence-electron chi connectivity index (χ0n) is 9.55. The van der Waals surface area contributed by atoms with Crippen LogP contribution in [0, 0.1) is 0 Å². The molecule has 1 fully saturated rings. The van der Waals surface area contributed by atoms with Crippen LogP contribution in [0.15, 0.2) is 17.1 Å². The van der Waals surface area contributed by atoms with Crippen LogP contribution in [-0.4, -0.2) is 65.3 Å². The van der Waals surface area contributed by atoms with Crippen molar-refractivity contribution in [2.45, 2.75) is 31.0 Å². The summed E-state index contributed by atoms with van der Waals surface area (Å²) in [5, 5.41) is 29.2. The Balaban J connectivity index is 2.42. The van der Waals surface area contributed by atoms with Crippen LogP contribution in [0.1, 0.15) is 13.2 Å². The van der Waals surface area contributed by atoms with Gasteiger partial charge in [0.05, 0.1) is 0 Å². The third-order valence-corrected chi connectivity index (χ3v) is 3.63. The molecule has 2 rings (SSSR count). The molecule has 0 saturated carbocycles. The van der Waals surface area contributed by atoms with Crippen molar-refractivity contribution >= 4 is 20.7 Å². The molecular weight excluding hydrogens is 307 g/mol.